The zero-order valence-corrected chi connectivity index (χ0v) is 21.0. The molecule has 7 nitrogen and oxygen atoms in total. The van der Waals surface area contributed by atoms with Crippen molar-refractivity contribution in [3.63, 3.8) is 0 Å². The van der Waals surface area contributed by atoms with Gasteiger partial charge in [-0.25, -0.2) is 0 Å². The van der Waals surface area contributed by atoms with E-state index in [-0.39, 0.29) is 17.1 Å². The Morgan fingerprint density at radius 1 is 0.943 bits per heavy atom. The number of rotatable bonds is 11. The first kappa shape index (κ1) is 24.8. The third-order valence-electron chi connectivity index (χ3n) is 6.52. The Balaban J connectivity index is 1.81. The highest BCUT2D eigenvalue weighted by Crippen LogP contribution is 2.41. The van der Waals surface area contributed by atoms with Gasteiger partial charge in [0.25, 0.3) is 5.91 Å². The summed E-state index contributed by atoms with van der Waals surface area (Å²) in [7, 11) is 0. The van der Waals surface area contributed by atoms with E-state index in [0.29, 0.717) is 47.8 Å². The van der Waals surface area contributed by atoms with E-state index in [4.69, 9.17) is 13.9 Å². The third kappa shape index (κ3) is 4.78. The van der Waals surface area contributed by atoms with Crippen LogP contribution in [0.2, 0.25) is 0 Å². The van der Waals surface area contributed by atoms with E-state index in [1.807, 2.05) is 38.1 Å². The minimum atomic E-state index is -0.551. The molecule has 0 saturated heterocycles. The lowest BCUT2D eigenvalue weighted by atomic mass is 9.98. The Morgan fingerprint density at radius 2 is 1.66 bits per heavy atom. The maximum absolute atomic E-state index is 13.6. The first-order chi connectivity index (χ1) is 17.0. The maximum atomic E-state index is 13.6. The summed E-state index contributed by atoms with van der Waals surface area (Å²) in [6, 6.07) is 12.2. The molecule has 7 heteroatoms. The number of nitrogens with zero attached hydrogens (tertiary/aromatic N) is 2. The number of hydrogen-bond acceptors (Lipinski definition) is 6. The number of amides is 1. The lowest BCUT2D eigenvalue weighted by molar-refractivity contribution is 0.0720. The molecule has 0 fully saturated rings. The number of fused-ring (bicyclic) bond motifs is 2. The van der Waals surface area contributed by atoms with Crippen LogP contribution >= 0.6 is 0 Å². The van der Waals surface area contributed by atoms with Gasteiger partial charge in [-0.15, -0.1) is 0 Å². The molecular weight excluding hydrogens is 444 g/mol. The second-order valence-electron chi connectivity index (χ2n) is 8.52. The molecule has 0 N–H and O–H groups in total. The average molecular weight is 479 g/mol. The smallest absolute Gasteiger partial charge is 0.290 e. The van der Waals surface area contributed by atoms with Gasteiger partial charge in [-0.1, -0.05) is 32.0 Å². The van der Waals surface area contributed by atoms with Crippen LogP contribution in [0, 0.1) is 0 Å². The Kier molecular flexibility index (Phi) is 7.76. The predicted molar refractivity (Wildman–Crippen MR) is 137 cm³/mol. The van der Waals surface area contributed by atoms with E-state index in [1.54, 1.807) is 23.1 Å². The Labute approximate surface area is 206 Å². The molecule has 186 valence electrons. The van der Waals surface area contributed by atoms with Gasteiger partial charge in [0.2, 0.25) is 5.76 Å². The highest BCUT2D eigenvalue weighted by Gasteiger charge is 2.42. The van der Waals surface area contributed by atoms with Crippen LogP contribution < -0.4 is 14.9 Å². The lowest BCUT2D eigenvalue weighted by Crippen LogP contribution is -2.33. The summed E-state index contributed by atoms with van der Waals surface area (Å²) in [6.07, 6.45) is 0.793. The molecular formula is C28H34N2O5. The van der Waals surface area contributed by atoms with Gasteiger partial charge in [0.1, 0.15) is 5.58 Å². The molecule has 0 radical (unpaired) electrons. The second-order valence-corrected chi connectivity index (χ2v) is 8.52. The predicted octanol–water partition coefficient (Wildman–Crippen LogP) is 4.87. The van der Waals surface area contributed by atoms with Crippen molar-refractivity contribution in [2.24, 2.45) is 0 Å². The van der Waals surface area contributed by atoms with Gasteiger partial charge in [0, 0.05) is 6.54 Å². The van der Waals surface area contributed by atoms with Crippen LogP contribution in [0.4, 0.5) is 0 Å². The van der Waals surface area contributed by atoms with Crippen molar-refractivity contribution in [3.8, 4) is 11.5 Å². The summed E-state index contributed by atoms with van der Waals surface area (Å²) in [5, 5.41) is 0.477. The molecule has 4 rings (SSSR count). The highest BCUT2D eigenvalue weighted by molar-refractivity contribution is 5.99. The summed E-state index contributed by atoms with van der Waals surface area (Å²) in [4.78, 5) is 31.3. The molecule has 2 heterocycles. The zero-order valence-electron chi connectivity index (χ0n) is 21.0. The van der Waals surface area contributed by atoms with E-state index in [0.717, 1.165) is 31.6 Å². The number of para-hydroxylation sites is 1. The molecule has 3 aromatic rings. The van der Waals surface area contributed by atoms with Crippen LogP contribution in [0.3, 0.4) is 0 Å². The van der Waals surface area contributed by atoms with Crippen molar-refractivity contribution in [2.75, 3.05) is 39.4 Å². The topological polar surface area (TPSA) is 72.2 Å². The summed E-state index contributed by atoms with van der Waals surface area (Å²) in [5.74, 6) is 1.12. The van der Waals surface area contributed by atoms with Crippen LogP contribution in [0.15, 0.2) is 51.7 Å². The lowest BCUT2D eigenvalue weighted by Gasteiger charge is -2.27. The fourth-order valence-corrected chi connectivity index (χ4v) is 4.79. The normalized spacial score (nSPS) is 15.2. The van der Waals surface area contributed by atoms with E-state index in [9.17, 15) is 9.59 Å². The molecule has 1 aliphatic rings. The molecule has 0 spiro atoms. The van der Waals surface area contributed by atoms with Gasteiger partial charge in [-0.2, -0.15) is 0 Å². The monoisotopic (exact) mass is 478 g/mol. The summed E-state index contributed by atoms with van der Waals surface area (Å²) in [5.41, 5.74) is 1.45. The van der Waals surface area contributed by atoms with E-state index in [1.165, 1.54) is 0 Å². The molecule has 1 amide bonds. The first-order valence-corrected chi connectivity index (χ1v) is 12.5. The standard InChI is InChI=1S/C28H34N2O5/c1-5-29(6-2)16-11-17-30-25(19-14-15-22(33-7-3)23(18-19)34-8-4)24-26(31)20-12-9-10-13-21(20)35-27(24)28(30)32/h9-10,12-15,18,25H,5-8,11,16-17H2,1-4H3. The molecule has 2 aromatic carbocycles. The Hall–Kier alpha value is -3.32. The van der Waals surface area contributed by atoms with Gasteiger partial charge in [-0.3, -0.25) is 9.59 Å². The van der Waals surface area contributed by atoms with E-state index >= 15 is 0 Å². The largest absolute Gasteiger partial charge is 0.490 e. The number of ether oxygens (including phenoxy) is 2. The van der Waals surface area contributed by atoms with Crippen LogP contribution in [0.5, 0.6) is 11.5 Å². The third-order valence-corrected chi connectivity index (χ3v) is 6.52. The van der Waals surface area contributed by atoms with Crippen molar-refractivity contribution in [3.05, 3.63) is 69.6 Å². The van der Waals surface area contributed by atoms with Crippen LogP contribution in [0.1, 0.15) is 61.8 Å². The zero-order chi connectivity index (χ0) is 24.9. The van der Waals surface area contributed by atoms with Crippen LogP contribution in [0.25, 0.3) is 11.0 Å². The van der Waals surface area contributed by atoms with E-state index in [2.05, 4.69) is 18.7 Å². The molecule has 0 aliphatic carbocycles. The Morgan fingerprint density at radius 3 is 2.37 bits per heavy atom. The van der Waals surface area contributed by atoms with Gasteiger partial charge in [0.05, 0.1) is 30.2 Å². The minimum Gasteiger partial charge on any atom is -0.490 e. The van der Waals surface area contributed by atoms with Crippen molar-refractivity contribution < 1.29 is 18.7 Å². The number of hydrogen-bond donors (Lipinski definition) is 0. The first-order valence-electron chi connectivity index (χ1n) is 12.5. The molecule has 1 atom stereocenters. The molecule has 0 bridgehead atoms. The quantitative estimate of drug-likeness (QED) is 0.392. The summed E-state index contributed by atoms with van der Waals surface area (Å²) >= 11 is 0. The van der Waals surface area contributed by atoms with Crippen molar-refractivity contribution in [1.82, 2.24) is 9.80 Å². The average Bonchev–Trinajstić information content (AvgIpc) is 3.15. The molecule has 1 aromatic heterocycles. The van der Waals surface area contributed by atoms with Crippen molar-refractivity contribution >= 4 is 16.9 Å². The summed E-state index contributed by atoms with van der Waals surface area (Å²) in [6.45, 7) is 12.4. The van der Waals surface area contributed by atoms with E-state index < -0.39 is 6.04 Å². The van der Waals surface area contributed by atoms with Crippen LogP contribution in [-0.4, -0.2) is 55.1 Å². The molecule has 1 aliphatic heterocycles. The SMILES string of the molecule is CCOc1ccc(C2c3c(oc4ccccc4c3=O)C(=O)N2CCCN(CC)CC)cc1OCC. The van der Waals surface area contributed by atoms with Gasteiger partial charge >= 0.3 is 0 Å². The maximum Gasteiger partial charge on any atom is 0.290 e. The molecule has 1 unspecified atom stereocenters. The minimum absolute atomic E-state index is 0.133. The van der Waals surface area contributed by atoms with Gasteiger partial charge in [0.15, 0.2) is 16.9 Å². The fourth-order valence-electron chi connectivity index (χ4n) is 4.79. The summed E-state index contributed by atoms with van der Waals surface area (Å²) < 4.78 is 17.6. The van der Waals surface area contributed by atoms with Crippen LogP contribution in [-0.2, 0) is 0 Å². The van der Waals surface area contributed by atoms with Crippen molar-refractivity contribution in [1.29, 1.82) is 0 Å². The molecule has 0 saturated carbocycles. The molecule has 35 heavy (non-hydrogen) atoms. The number of benzene rings is 2. The van der Waals surface area contributed by atoms with Gasteiger partial charge in [-0.05, 0) is 69.7 Å². The Bertz CT molecular complexity index is 1250. The highest BCUT2D eigenvalue weighted by atomic mass is 16.5. The number of carbonyl (C=O) groups is 1. The van der Waals surface area contributed by atoms with Gasteiger partial charge < -0.3 is 23.7 Å². The van der Waals surface area contributed by atoms with Crippen molar-refractivity contribution in [2.45, 2.75) is 40.2 Å². The second kappa shape index (κ2) is 11.0. The fraction of sp³-hybridized carbons (Fsp3) is 0.429. The number of carbonyl (C=O) groups excluding carboxylic acids is 1.